The third-order valence-corrected chi connectivity index (χ3v) is 5.00. The molecule has 4 heteroatoms. The highest BCUT2D eigenvalue weighted by Crippen LogP contribution is 2.34. The fourth-order valence-corrected chi connectivity index (χ4v) is 3.95. The van der Waals surface area contributed by atoms with Crippen molar-refractivity contribution in [2.75, 3.05) is 13.7 Å². The number of nitrogens with zero attached hydrogens (tertiary/aromatic N) is 1. The first-order valence-electron chi connectivity index (χ1n) is 8.65. The summed E-state index contributed by atoms with van der Waals surface area (Å²) in [5, 5.41) is 3.66. The summed E-state index contributed by atoms with van der Waals surface area (Å²) in [6.45, 7) is 7.17. The Morgan fingerprint density at radius 1 is 1.33 bits per heavy atom. The molecule has 0 aromatic carbocycles. The van der Waals surface area contributed by atoms with Gasteiger partial charge in [-0.15, -0.1) is 0 Å². The average Bonchev–Trinajstić information content (AvgIpc) is 3.05. The van der Waals surface area contributed by atoms with Crippen molar-refractivity contribution in [2.24, 2.45) is 11.8 Å². The largest absolute Gasteiger partial charge is 0.383 e. The molecule has 1 heterocycles. The van der Waals surface area contributed by atoms with Crippen molar-refractivity contribution >= 4 is 5.91 Å². The van der Waals surface area contributed by atoms with E-state index < -0.39 is 0 Å². The van der Waals surface area contributed by atoms with Crippen LogP contribution in [0.15, 0.2) is 0 Å². The fraction of sp³-hybridized carbons (Fsp3) is 0.941. The number of carbonyl (C=O) groups excluding carboxylic acids is 1. The summed E-state index contributed by atoms with van der Waals surface area (Å²) in [5.74, 6) is 1.46. The van der Waals surface area contributed by atoms with Crippen LogP contribution in [-0.2, 0) is 9.53 Å². The molecule has 3 unspecified atom stereocenters. The highest BCUT2D eigenvalue weighted by atomic mass is 16.5. The molecule has 1 aliphatic carbocycles. The van der Waals surface area contributed by atoms with E-state index in [1.54, 1.807) is 7.11 Å². The molecule has 2 rings (SSSR count). The summed E-state index contributed by atoms with van der Waals surface area (Å²) < 4.78 is 5.36. The summed E-state index contributed by atoms with van der Waals surface area (Å²) in [5.41, 5.74) is 0. The first-order valence-corrected chi connectivity index (χ1v) is 8.65. The molecular formula is C17H32N2O2. The molecule has 3 atom stereocenters. The standard InChI is InChI=1S/C17H32N2O2/c1-5-14(11-21-4)19-16(13-8-6-7-9-13)18-15(17(19)20)10-12(2)3/h12-16,18H,5-11H2,1-4H3. The molecule has 1 amide bonds. The van der Waals surface area contributed by atoms with Crippen LogP contribution in [0.4, 0.5) is 0 Å². The van der Waals surface area contributed by atoms with Crippen LogP contribution in [0, 0.1) is 11.8 Å². The lowest BCUT2D eigenvalue weighted by Gasteiger charge is -2.35. The summed E-state index contributed by atoms with van der Waals surface area (Å²) in [6, 6.07) is 0.208. The smallest absolute Gasteiger partial charge is 0.241 e. The highest BCUT2D eigenvalue weighted by Gasteiger charge is 2.45. The molecule has 1 saturated carbocycles. The van der Waals surface area contributed by atoms with E-state index >= 15 is 0 Å². The summed E-state index contributed by atoms with van der Waals surface area (Å²) in [6.07, 6.45) is 7.23. The zero-order chi connectivity index (χ0) is 15.4. The number of rotatable bonds is 7. The molecular weight excluding hydrogens is 264 g/mol. The number of amides is 1. The van der Waals surface area contributed by atoms with E-state index in [1.807, 2.05) is 0 Å². The molecule has 1 saturated heterocycles. The van der Waals surface area contributed by atoms with E-state index in [4.69, 9.17) is 4.74 Å². The topological polar surface area (TPSA) is 41.6 Å². The maximum Gasteiger partial charge on any atom is 0.241 e. The maximum absolute atomic E-state index is 12.9. The van der Waals surface area contributed by atoms with Crippen molar-refractivity contribution in [2.45, 2.75) is 77.5 Å². The lowest BCUT2D eigenvalue weighted by atomic mass is 10.0. The van der Waals surface area contributed by atoms with Gasteiger partial charge in [-0.25, -0.2) is 0 Å². The third-order valence-electron chi connectivity index (χ3n) is 5.00. The molecule has 0 spiro atoms. The van der Waals surface area contributed by atoms with Crippen molar-refractivity contribution in [3.8, 4) is 0 Å². The number of methoxy groups -OCH3 is 1. The number of ether oxygens (including phenoxy) is 1. The van der Waals surface area contributed by atoms with Gasteiger partial charge in [-0.2, -0.15) is 0 Å². The van der Waals surface area contributed by atoms with Crippen molar-refractivity contribution in [3.05, 3.63) is 0 Å². The first kappa shape index (κ1) is 16.8. The van der Waals surface area contributed by atoms with Crippen LogP contribution in [-0.4, -0.2) is 42.8 Å². The number of nitrogens with one attached hydrogen (secondary N) is 1. The van der Waals surface area contributed by atoms with Crippen molar-refractivity contribution in [1.29, 1.82) is 0 Å². The van der Waals surface area contributed by atoms with Gasteiger partial charge in [0.25, 0.3) is 0 Å². The van der Waals surface area contributed by atoms with E-state index in [1.165, 1.54) is 25.7 Å². The van der Waals surface area contributed by atoms with E-state index in [0.717, 1.165) is 12.8 Å². The Labute approximate surface area is 129 Å². The molecule has 2 aliphatic rings. The van der Waals surface area contributed by atoms with Crippen molar-refractivity contribution in [1.82, 2.24) is 10.2 Å². The number of hydrogen-bond acceptors (Lipinski definition) is 3. The van der Waals surface area contributed by atoms with E-state index in [-0.39, 0.29) is 18.2 Å². The normalized spacial score (nSPS) is 28.8. The van der Waals surface area contributed by atoms with Crippen LogP contribution in [0.1, 0.15) is 59.3 Å². The first-order chi connectivity index (χ1) is 10.1. The van der Waals surface area contributed by atoms with Gasteiger partial charge in [-0.1, -0.05) is 33.6 Å². The Bertz CT molecular complexity index is 340. The summed E-state index contributed by atoms with van der Waals surface area (Å²) in [4.78, 5) is 15.0. The highest BCUT2D eigenvalue weighted by molar-refractivity contribution is 5.84. The Kier molecular flexibility index (Phi) is 6.06. The molecule has 4 nitrogen and oxygen atoms in total. The Balaban J connectivity index is 2.15. The second kappa shape index (κ2) is 7.59. The quantitative estimate of drug-likeness (QED) is 0.785. The van der Waals surface area contributed by atoms with Gasteiger partial charge in [0.2, 0.25) is 5.91 Å². The average molecular weight is 296 g/mol. The van der Waals surface area contributed by atoms with Gasteiger partial charge in [-0.05, 0) is 37.5 Å². The molecule has 0 bridgehead atoms. The van der Waals surface area contributed by atoms with Gasteiger partial charge in [0.15, 0.2) is 0 Å². The van der Waals surface area contributed by atoms with Crippen molar-refractivity contribution < 1.29 is 9.53 Å². The van der Waals surface area contributed by atoms with E-state index in [2.05, 4.69) is 31.0 Å². The zero-order valence-corrected chi connectivity index (χ0v) is 14.1. The SMILES string of the molecule is CCC(COC)N1C(=O)C(CC(C)C)NC1C1CCCC1. The van der Waals surface area contributed by atoms with Crippen molar-refractivity contribution in [3.63, 3.8) is 0 Å². The number of carbonyl (C=O) groups is 1. The Morgan fingerprint density at radius 2 is 2.00 bits per heavy atom. The molecule has 0 aromatic rings. The van der Waals surface area contributed by atoms with Crippen LogP contribution in [0.3, 0.4) is 0 Å². The van der Waals surface area contributed by atoms with Crippen LogP contribution in [0.25, 0.3) is 0 Å². The monoisotopic (exact) mass is 296 g/mol. The predicted molar refractivity (Wildman–Crippen MR) is 84.9 cm³/mol. The van der Waals surface area contributed by atoms with Crippen LogP contribution in [0.5, 0.6) is 0 Å². The lowest BCUT2D eigenvalue weighted by Crippen LogP contribution is -2.49. The Morgan fingerprint density at radius 3 is 2.52 bits per heavy atom. The Hall–Kier alpha value is -0.610. The molecule has 122 valence electrons. The van der Waals surface area contributed by atoms with E-state index in [9.17, 15) is 4.79 Å². The minimum absolute atomic E-state index is 0.00139. The van der Waals surface area contributed by atoms with Gasteiger partial charge in [-0.3, -0.25) is 10.1 Å². The minimum atomic E-state index is 0.00139. The van der Waals surface area contributed by atoms with Crippen LogP contribution in [0.2, 0.25) is 0 Å². The zero-order valence-electron chi connectivity index (χ0n) is 14.1. The fourth-order valence-electron chi connectivity index (χ4n) is 3.95. The van der Waals surface area contributed by atoms with Gasteiger partial charge in [0.05, 0.1) is 24.9 Å². The molecule has 0 aromatic heterocycles. The second-order valence-corrected chi connectivity index (χ2v) is 7.10. The molecule has 0 radical (unpaired) electrons. The molecule has 21 heavy (non-hydrogen) atoms. The molecule has 1 N–H and O–H groups in total. The molecule has 1 aliphatic heterocycles. The third kappa shape index (κ3) is 3.78. The second-order valence-electron chi connectivity index (χ2n) is 7.10. The summed E-state index contributed by atoms with van der Waals surface area (Å²) in [7, 11) is 1.73. The molecule has 2 fully saturated rings. The van der Waals surface area contributed by atoms with Gasteiger partial charge < -0.3 is 9.64 Å². The van der Waals surface area contributed by atoms with Gasteiger partial charge in [0.1, 0.15) is 0 Å². The lowest BCUT2D eigenvalue weighted by molar-refractivity contribution is -0.134. The van der Waals surface area contributed by atoms with E-state index in [0.29, 0.717) is 24.3 Å². The van der Waals surface area contributed by atoms with Crippen LogP contribution >= 0.6 is 0 Å². The predicted octanol–water partition coefficient (Wildman–Crippen LogP) is 2.77. The van der Waals surface area contributed by atoms with Gasteiger partial charge in [0, 0.05) is 7.11 Å². The maximum atomic E-state index is 12.9. The summed E-state index contributed by atoms with van der Waals surface area (Å²) >= 11 is 0. The van der Waals surface area contributed by atoms with Gasteiger partial charge >= 0.3 is 0 Å². The number of hydrogen-bond donors (Lipinski definition) is 1. The van der Waals surface area contributed by atoms with Crippen LogP contribution < -0.4 is 5.32 Å². The minimum Gasteiger partial charge on any atom is -0.383 e.